The topological polar surface area (TPSA) is 0 Å². The first kappa shape index (κ1) is 6.12. The van der Waals surface area contributed by atoms with Gasteiger partial charge in [-0.2, -0.15) is 0 Å². The average molecular weight is 115 g/mol. The van der Waals surface area contributed by atoms with E-state index in [2.05, 4.69) is 20.8 Å². The van der Waals surface area contributed by atoms with Crippen LogP contribution in [-0.2, 0) is 0 Å². The van der Waals surface area contributed by atoms with E-state index in [0.717, 1.165) is 0 Å². The summed E-state index contributed by atoms with van der Waals surface area (Å²) in [6.07, 6.45) is 3.72. The highest BCUT2D eigenvalue weighted by Gasteiger charge is 2.07. The molecule has 0 aliphatic rings. The highest BCUT2D eigenvalue weighted by molar-refractivity contribution is 4.59. The van der Waals surface area contributed by atoms with Gasteiger partial charge >= 0.3 is 0 Å². The molecule has 0 aliphatic heterocycles. The monoisotopic (exact) mass is 115 g/mol. The molecule has 0 saturated heterocycles. The van der Waals surface area contributed by atoms with Crippen LogP contribution in [0.4, 0.5) is 0 Å². The second-order valence-electron chi connectivity index (χ2n) is 3.27. The highest BCUT2D eigenvalue weighted by atomic mass is 14.1. The zero-order valence-corrected chi connectivity index (χ0v) is 6.33. The van der Waals surface area contributed by atoms with E-state index in [-0.39, 0.29) is 5.41 Å². The van der Waals surface area contributed by atoms with Crippen LogP contribution in [0.1, 0.15) is 48.3 Å². The molecule has 0 aliphatic carbocycles. The minimum atomic E-state index is 0.260. The Balaban J connectivity index is 3.33. The molecule has 0 unspecified atom stereocenters. The summed E-state index contributed by atoms with van der Waals surface area (Å²) in [6.45, 7) is 7.08. The van der Waals surface area contributed by atoms with Crippen molar-refractivity contribution >= 4 is 0 Å². The number of unbranched alkanes of at least 4 members (excludes halogenated alkanes) is 1. The van der Waals surface area contributed by atoms with Crippen molar-refractivity contribution in [2.45, 2.75) is 46.9 Å². The fourth-order valence-electron chi connectivity index (χ4n) is 0.655. The van der Waals surface area contributed by atoms with Crippen molar-refractivity contribution in [3.63, 3.8) is 0 Å². The summed E-state index contributed by atoms with van der Waals surface area (Å²) in [5.74, 6) is 0. The lowest BCUT2D eigenvalue weighted by atomic mass is 9.90. The minimum Gasteiger partial charge on any atom is -0.0654 e. The zero-order valence-electron chi connectivity index (χ0n) is 7.33. The average Bonchev–Trinajstić information content (AvgIpc) is 1.84. The molecule has 0 aromatic carbocycles. The van der Waals surface area contributed by atoms with Crippen LogP contribution in [0.5, 0.6) is 0 Å². The van der Waals surface area contributed by atoms with Gasteiger partial charge in [-0.25, -0.2) is 0 Å². The maximum Gasteiger partial charge on any atom is 0.0236 e. The van der Waals surface area contributed by atoms with E-state index in [0.29, 0.717) is 6.90 Å². The molecular formula is C8H18. The third kappa shape index (κ3) is 6.00. The molecular weight excluding hydrogens is 96.1 g/mol. The van der Waals surface area contributed by atoms with Gasteiger partial charge in [-0.05, 0) is 11.8 Å². The molecule has 0 saturated carbocycles. The van der Waals surface area contributed by atoms with E-state index in [1.54, 1.807) is 0 Å². The Labute approximate surface area is 54.7 Å². The van der Waals surface area contributed by atoms with Gasteiger partial charge in [0, 0.05) is 1.37 Å². The predicted molar refractivity (Wildman–Crippen MR) is 39.0 cm³/mol. The van der Waals surface area contributed by atoms with Gasteiger partial charge < -0.3 is 0 Å². The van der Waals surface area contributed by atoms with Crippen LogP contribution in [0.15, 0.2) is 0 Å². The Morgan fingerprint density at radius 1 is 1.50 bits per heavy atom. The van der Waals surface area contributed by atoms with Gasteiger partial charge in [-0.15, -0.1) is 0 Å². The van der Waals surface area contributed by atoms with Crippen LogP contribution >= 0.6 is 0 Å². The predicted octanol–water partition coefficient (Wildman–Crippen LogP) is 3.22. The van der Waals surface area contributed by atoms with E-state index < -0.39 is 0 Å². The van der Waals surface area contributed by atoms with Gasteiger partial charge in [-0.1, -0.05) is 40.5 Å². The highest BCUT2D eigenvalue weighted by Crippen LogP contribution is 2.20. The molecule has 0 rings (SSSR count). The summed E-state index contributed by atoms with van der Waals surface area (Å²) in [6, 6.07) is 0. The summed E-state index contributed by atoms with van der Waals surface area (Å²) in [5.41, 5.74) is 0.260. The Morgan fingerprint density at radius 2 is 2.12 bits per heavy atom. The summed E-state index contributed by atoms with van der Waals surface area (Å²) in [7, 11) is 0. The van der Waals surface area contributed by atoms with Crippen LogP contribution in [0.2, 0.25) is 0 Å². The molecule has 0 aromatic rings. The van der Waals surface area contributed by atoms with Crippen LogP contribution < -0.4 is 0 Å². The molecule has 0 N–H and O–H groups in total. The lowest BCUT2D eigenvalue weighted by Gasteiger charge is -2.16. The SMILES string of the molecule is [2H]CC(C)(C)CCCC. The third-order valence-corrected chi connectivity index (χ3v) is 1.21. The van der Waals surface area contributed by atoms with Crippen molar-refractivity contribution in [1.29, 1.82) is 0 Å². The maximum atomic E-state index is 7.18. The van der Waals surface area contributed by atoms with E-state index in [1.165, 1.54) is 19.3 Å². The van der Waals surface area contributed by atoms with Crippen LogP contribution in [0.3, 0.4) is 0 Å². The van der Waals surface area contributed by atoms with Crippen molar-refractivity contribution in [2.24, 2.45) is 5.41 Å². The minimum absolute atomic E-state index is 0.260. The van der Waals surface area contributed by atoms with Gasteiger partial charge in [0.1, 0.15) is 0 Å². The second kappa shape index (κ2) is 3.11. The van der Waals surface area contributed by atoms with Gasteiger partial charge in [0.25, 0.3) is 0 Å². The summed E-state index contributed by atoms with van der Waals surface area (Å²) in [4.78, 5) is 0. The molecule has 0 fully saturated rings. The normalized spacial score (nSPS) is 13.6. The number of hydrogen-bond donors (Lipinski definition) is 0. The van der Waals surface area contributed by atoms with Gasteiger partial charge in [0.2, 0.25) is 0 Å². The number of hydrogen-bond acceptors (Lipinski definition) is 0. The first-order valence-electron chi connectivity index (χ1n) is 4.12. The fourth-order valence-corrected chi connectivity index (χ4v) is 0.655. The fraction of sp³-hybridized carbons (Fsp3) is 1.00. The zero-order chi connectivity index (χ0) is 7.33. The molecule has 0 heteroatoms. The van der Waals surface area contributed by atoms with Crippen molar-refractivity contribution in [3.8, 4) is 0 Å². The maximum absolute atomic E-state index is 7.18. The Bertz CT molecular complexity index is 67.0. The van der Waals surface area contributed by atoms with E-state index in [9.17, 15) is 0 Å². The first-order valence-corrected chi connectivity index (χ1v) is 3.41. The van der Waals surface area contributed by atoms with E-state index in [1.807, 2.05) is 0 Å². The van der Waals surface area contributed by atoms with Gasteiger partial charge in [0.05, 0.1) is 0 Å². The summed E-state index contributed by atoms with van der Waals surface area (Å²) < 4.78 is 7.18. The Morgan fingerprint density at radius 3 is 2.50 bits per heavy atom. The van der Waals surface area contributed by atoms with Crippen molar-refractivity contribution < 1.29 is 1.37 Å². The molecule has 50 valence electrons. The summed E-state index contributed by atoms with van der Waals surface area (Å²) >= 11 is 0. The molecule has 0 spiro atoms. The summed E-state index contributed by atoms with van der Waals surface area (Å²) in [5, 5.41) is 0. The Kier molecular flexibility index (Phi) is 2.38. The molecule has 0 amide bonds. The van der Waals surface area contributed by atoms with E-state index >= 15 is 0 Å². The smallest absolute Gasteiger partial charge is 0.0236 e. The molecule has 0 radical (unpaired) electrons. The van der Waals surface area contributed by atoms with Gasteiger partial charge in [0.15, 0.2) is 0 Å². The van der Waals surface area contributed by atoms with Crippen LogP contribution in [-0.4, -0.2) is 0 Å². The van der Waals surface area contributed by atoms with Crippen LogP contribution in [0.25, 0.3) is 0 Å². The van der Waals surface area contributed by atoms with E-state index in [4.69, 9.17) is 1.37 Å². The largest absolute Gasteiger partial charge is 0.0654 e. The first-order chi connectivity index (χ1) is 4.12. The molecule has 0 nitrogen and oxygen atoms in total. The second-order valence-corrected chi connectivity index (χ2v) is 3.27. The van der Waals surface area contributed by atoms with Crippen LogP contribution in [0, 0.1) is 5.41 Å². The quantitative estimate of drug-likeness (QED) is 0.518. The molecule has 0 aromatic heterocycles. The standard InChI is InChI=1S/C8H18/c1-5-6-7-8(2,3)4/h5-7H2,1-4H3/i2D. The lowest BCUT2D eigenvalue weighted by Crippen LogP contribution is -2.03. The van der Waals surface area contributed by atoms with Gasteiger partial charge in [-0.3, -0.25) is 0 Å². The lowest BCUT2D eigenvalue weighted by molar-refractivity contribution is 0.363. The third-order valence-electron chi connectivity index (χ3n) is 1.21. The van der Waals surface area contributed by atoms with Crippen molar-refractivity contribution in [3.05, 3.63) is 0 Å². The molecule has 0 heterocycles. The Hall–Kier alpha value is 0. The van der Waals surface area contributed by atoms with Crippen molar-refractivity contribution in [1.82, 2.24) is 0 Å². The number of rotatable bonds is 2. The molecule has 0 atom stereocenters. The molecule has 8 heavy (non-hydrogen) atoms. The molecule has 0 bridgehead atoms. The van der Waals surface area contributed by atoms with Crippen molar-refractivity contribution in [2.75, 3.05) is 0 Å².